The predicted molar refractivity (Wildman–Crippen MR) is 126 cm³/mol. The molecule has 1 aliphatic rings. The topological polar surface area (TPSA) is 74.8 Å². The van der Waals surface area contributed by atoms with E-state index in [4.69, 9.17) is 11.6 Å². The molecular formula is C23H18BrClN2O4S. The summed E-state index contributed by atoms with van der Waals surface area (Å²) in [7, 11) is -4.12. The molecule has 0 N–H and O–H groups in total. The fourth-order valence-electron chi connectivity index (χ4n) is 3.59. The average Bonchev–Trinajstić information content (AvgIpc) is 3.07. The van der Waals surface area contributed by atoms with Gasteiger partial charge in [-0.25, -0.2) is 13.3 Å². The van der Waals surface area contributed by atoms with Gasteiger partial charge in [-0.15, -0.1) is 0 Å². The molecule has 0 aromatic heterocycles. The molecular weight excluding hydrogens is 516 g/mol. The van der Waals surface area contributed by atoms with Gasteiger partial charge in [0, 0.05) is 16.0 Å². The van der Waals surface area contributed by atoms with Crippen LogP contribution in [0, 0.1) is 0 Å². The molecule has 1 atom stereocenters. The molecule has 0 saturated carbocycles. The molecule has 4 rings (SSSR count). The van der Waals surface area contributed by atoms with Gasteiger partial charge in [-0.1, -0.05) is 63.9 Å². The van der Waals surface area contributed by atoms with Crippen LogP contribution in [0.5, 0.6) is 0 Å². The largest absolute Gasteiger partial charge is 0.274 e. The number of sulfonamides is 1. The summed E-state index contributed by atoms with van der Waals surface area (Å²) in [4.78, 5) is 27.2. The van der Waals surface area contributed by atoms with E-state index in [1.165, 1.54) is 12.1 Å². The minimum Gasteiger partial charge on any atom is -0.274 e. The van der Waals surface area contributed by atoms with Crippen molar-refractivity contribution in [3.05, 3.63) is 93.9 Å². The summed E-state index contributed by atoms with van der Waals surface area (Å²) < 4.78 is 29.0. The second-order valence-electron chi connectivity index (χ2n) is 7.22. The van der Waals surface area contributed by atoms with Crippen molar-refractivity contribution in [2.75, 3.05) is 4.90 Å². The van der Waals surface area contributed by atoms with Crippen molar-refractivity contribution < 1.29 is 18.0 Å². The van der Waals surface area contributed by atoms with E-state index in [9.17, 15) is 18.0 Å². The second kappa shape index (κ2) is 9.15. The summed E-state index contributed by atoms with van der Waals surface area (Å²) in [5.74, 6) is -1.05. The highest BCUT2D eigenvalue weighted by atomic mass is 79.9. The van der Waals surface area contributed by atoms with Crippen molar-refractivity contribution in [1.29, 1.82) is 0 Å². The van der Waals surface area contributed by atoms with Gasteiger partial charge < -0.3 is 0 Å². The van der Waals surface area contributed by atoms with Crippen molar-refractivity contribution >= 4 is 55.1 Å². The molecule has 0 radical (unpaired) electrons. The number of carbonyl (C=O) groups is 2. The van der Waals surface area contributed by atoms with Crippen molar-refractivity contribution in [1.82, 2.24) is 4.31 Å². The van der Waals surface area contributed by atoms with Crippen LogP contribution in [0.3, 0.4) is 0 Å². The second-order valence-corrected chi connectivity index (χ2v) is 10.4. The van der Waals surface area contributed by atoms with E-state index in [0.717, 1.165) is 13.7 Å². The maximum atomic E-state index is 13.6. The molecule has 9 heteroatoms. The number of benzene rings is 3. The number of amides is 2. The van der Waals surface area contributed by atoms with E-state index in [1.807, 2.05) is 0 Å². The molecule has 164 valence electrons. The lowest BCUT2D eigenvalue weighted by Gasteiger charge is -2.27. The normalized spacial score (nSPS) is 16.7. The van der Waals surface area contributed by atoms with E-state index >= 15 is 0 Å². The maximum absolute atomic E-state index is 13.6. The third-order valence-electron chi connectivity index (χ3n) is 5.19. The number of hydrogen-bond acceptors (Lipinski definition) is 4. The van der Waals surface area contributed by atoms with Gasteiger partial charge in [0.15, 0.2) is 0 Å². The summed E-state index contributed by atoms with van der Waals surface area (Å²) >= 11 is 9.59. The maximum Gasteiger partial charge on any atom is 0.252 e. The fraction of sp³-hybridized carbons (Fsp3) is 0.130. The molecule has 0 bridgehead atoms. The standard InChI is InChI=1S/C23H18BrClN2O4S/c24-17-10-12-19(13-11-17)32(30,31)26(15-16-6-4-5-9-20(16)25)21-14-22(28)27(23(21)29)18-7-2-1-3-8-18/h1-13,21H,14-15H2. The van der Waals surface area contributed by atoms with Crippen LogP contribution in [0.15, 0.2) is 88.2 Å². The van der Waals surface area contributed by atoms with Gasteiger partial charge in [-0.2, -0.15) is 4.31 Å². The van der Waals surface area contributed by atoms with Gasteiger partial charge in [-0.3, -0.25) is 9.59 Å². The van der Waals surface area contributed by atoms with Crippen molar-refractivity contribution in [3.8, 4) is 0 Å². The molecule has 1 saturated heterocycles. The predicted octanol–water partition coefficient (Wildman–Crippen LogP) is 4.63. The summed E-state index contributed by atoms with van der Waals surface area (Å²) in [6, 6.07) is 20.2. The molecule has 3 aromatic carbocycles. The number of anilines is 1. The Morgan fingerprint density at radius 3 is 2.22 bits per heavy atom. The van der Waals surface area contributed by atoms with Gasteiger partial charge in [0.1, 0.15) is 6.04 Å². The van der Waals surface area contributed by atoms with Crippen LogP contribution in [-0.2, 0) is 26.2 Å². The zero-order valence-electron chi connectivity index (χ0n) is 16.7. The Balaban J connectivity index is 1.77. The number of para-hydroxylation sites is 1. The van der Waals surface area contributed by atoms with Gasteiger partial charge in [0.05, 0.1) is 17.0 Å². The van der Waals surface area contributed by atoms with Crippen LogP contribution in [0.2, 0.25) is 5.02 Å². The van der Waals surface area contributed by atoms with Crippen LogP contribution >= 0.6 is 27.5 Å². The van der Waals surface area contributed by atoms with E-state index in [1.54, 1.807) is 66.7 Å². The number of rotatable bonds is 6. The Hall–Kier alpha value is -2.52. The molecule has 2 amide bonds. The van der Waals surface area contributed by atoms with Crippen LogP contribution < -0.4 is 4.90 Å². The molecule has 1 aliphatic heterocycles. The van der Waals surface area contributed by atoms with Crippen molar-refractivity contribution in [3.63, 3.8) is 0 Å². The first-order valence-electron chi connectivity index (χ1n) is 9.71. The van der Waals surface area contributed by atoms with Crippen LogP contribution in [0.25, 0.3) is 0 Å². The van der Waals surface area contributed by atoms with Gasteiger partial charge in [0.25, 0.3) is 5.91 Å². The van der Waals surface area contributed by atoms with E-state index in [0.29, 0.717) is 16.3 Å². The van der Waals surface area contributed by atoms with Gasteiger partial charge in [-0.05, 0) is 48.0 Å². The van der Waals surface area contributed by atoms with E-state index < -0.39 is 27.9 Å². The zero-order chi connectivity index (χ0) is 22.9. The number of nitrogens with zero attached hydrogens (tertiary/aromatic N) is 2. The minimum atomic E-state index is -4.12. The first-order valence-corrected chi connectivity index (χ1v) is 12.3. The molecule has 1 unspecified atom stereocenters. The Kier molecular flexibility index (Phi) is 6.48. The van der Waals surface area contributed by atoms with Crippen molar-refractivity contribution in [2.45, 2.75) is 23.9 Å². The third kappa shape index (κ3) is 4.36. The van der Waals surface area contributed by atoms with Gasteiger partial charge in [0.2, 0.25) is 15.9 Å². The lowest BCUT2D eigenvalue weighted by molar-refractivity contribution is -0.122. The Labute approximate surface area is 199 Å². The zero-order valence-corrected chi connectivity index (χ0v) is 19.8. The molecule has 1 fully saturated rings. The first-order chi connectivity index (χ1) is 15.3. The highest BCUT2D eigenvalue weighted by Crippen LogP contribution is 2.32. The van der Waals surface area contributed by atoms with Crippen LogP contribution in [-0.4, -0.2) is 30.6 Å². The molecule has 6 nitrogen and oxygen atoms in total. The lowest BCUT2D eigenvalue weighted by Crippen LogP contribution is -2.45. The highest BCUT2D eigenvalue weighted by Gasteiger charge is 2.47. The molecule has 32 heavy (non-hydrogen) atoms. The number of imide groups is 1. The Morgan fingerprint density at radius 1 is 0.938 bits per heavy atom. The van der Waals surface area contributed by atoms with E-state index in [2.05, 4.69) is 15.9 Å². The first kappa shape index (κ1) is 22.7. The summed E-state index contributed by atoms with van der Waals surface area (Å²) in [5, 5.41) is 0.375. The number of halogens is 2. The van der Waals surface area contributed by atoms with Crippen molar-refractivity contribution in [2.24, 2.45) is 0 Å². The quantitative estimate of drug-likeness (QED) is 0.433. The van der Waals surface area contributed by atoms with Crippen LogP contribution in [0.4, 0.5) is 5.69 Å². The Morgan fingerprint density at radius 2 is 1.56 bits per heavy atom. The van der Waals surface area contributed by atoms with E-state index in [-0.39, 0.29) is 17.9 Å². The highest BCUT2D eigenvalue weighted by molar-refractivity contribution is 9.10. The molecule has 0 spiro atoms. The Bertz CT molecular complexity index is 1270. The summed E-state index contributed by atoms with van der Waals surface area (Å²) in [5.41, 5.74) is 0.942. The third-order valence-corrected chi connectivity index (χ3v) is 7.96. The van der Waals surface area contributed by atoms with Gasteiger partial charge >= 0.3 is 0 Å². The SMILES string of the molecule is O=C1CC(N(Cc2ccccc2Cl)S(=O)(=O)c2ccc(Br)cc2)C(=O)N1c1ccccc1. The lowest BCUT2D eigenvalue weighted by atomic mass is 10.2. The summed E-state index contributed by atoms with van der Waals surface area (Å²) in [6.45, 7) is -0.148. The minimum absolute atomic E-state index is 0.0196. The summed E-state index contributed by atoms with van der Waals surface area (Å²) in [6.07, 6.45) is -0.256. The molecule has 1 heterocycles. The average molecular weight is 534 g/mol. The molecule has 3 aromatic rings. The number of carbonyl (C=O) groups excluding carboxylic acids is 2. The molecule has 0 aliphatic carbocycles. The van der Waals surface area contributed by atoms with Crippen LogP contribution in [0.1, 0.15) is 12.0 Å². The monoisotopic (exact) mass is 532 g/mol. The fourth-order valence-corrected chi connectivity index (χ4v) is 5.61. The number of hydrogen-bond donors (Lipinski definition) is 0. The smallest absolute Gasteiger partial charge is 0.252 e.